The molecule has 2 atom stereocenters. The van der Waals surface area contributed by atoms with Crippen molar-refractivity contribution in [3.05, 3.63) is 82.3 Å². The molecule has 14 heteroatoms. The predicted molar refractivity (Wildman–Crippen MR) is 156 cm³/mol. The zero-order chi connectivity index (χ0) is 34.0. The van der Waals surface area contributed by atoms with Crippen molar-refractivity contribution in [2.75, 3.05) is 41.7 Å². The Labute approximate surface area is 263 Å². The van der Waals surface area contributed by atoms with Crippen LogP contribution in [0.4, 0.5) is 0 Å². The summed E-state index contributed by atoms with van der Waals surface area (Å²) in [5, 5.41) is 22.3. The van der Waals surface area contributed by atoms with Gasteiger partial charge in [-0.25, -0.2) is 9.59 Å². The number of benzene rings is 2. The molecule has 0 saturated heterocycles. The second kappa shape index (κ2) is 15.9. The lowest BCUT2D eigenvalue weighted by atomic mass is 9.76. The average Bonchev–Trinajstić information content (AvgIpc) is 3.08. The van der Waals surface area contributed by atoms with E-state index in [9.17, 15) is 39.0 Å². The third-order valence-corrected chi connectivity index (χ3v) is 7.06. The second-order valence-electron chi connectivity index (χ2n) is 9.72. The smallest absolute Gasteiger partial charge is 0.343 e. The van der Waals surface area contributed by atoms with Crippen molar-refractivity contribution in [3.8, 4) is 11.5 Å². The molecule has 14 nitrogen and oxygen atoms in total. The summed E-state index contributed by atoms with van der Waals surface area (Å²) in [7, 11) is 4.62. The zero-order valence-corrected chi connectivity index (χ0v) is 25.4. The van der Waals surface area contributed by atoms with Gasteiger partial charge in [-0.05, 0) is 35.4 Å². The standard InChI is InChI=1S/C32H32O14/c1-41-23(33)13-21(17-5-9-19(10-6-17)45-15-25(35)43-3)27-29(37)31(39)28(32(40)30(27)38)22(14-24(34)42-2)18-7-11-20(12-8-18)46-16-26(36)44-4/h5-12,21-22,37,40H,13-16H2,1-4H3/t21-,22-/m0/s1. The number of methoxy groups -OCH3 is 4. The molecular formula is C32H32O14. The molecule has 0 heterocycles. The number of hydrogen-bond acceptors (Lipinski definition) is 14. The number of ether oxygens (including phenoxy) is 6. The first-order chi connectivity index (χ1) is 21.9. The number of allylic oxidation sites excluding steroid dienone is 2. The van der Waals surface area contributed by atoms with Crippen LogP contribution < -0.4 is 9.47 Å². The van der Waals surface area contributed by atoms with Gasteiger partial charge in [0, 0.05) is 11.8 Å². The van der Waals surface area contributed by atoms with Crippen LogP contribution in [0.1, 0.15) is 35.8 Å². The predicted octanol–water partition coefficient (Wildman–Crippen LogP) is 2.56. The van der Waals surface area contributed by atoms with Crippen molar-refractivity contribution in [3.63, 3.8) is 0 Å². The summed E-state index contributed by atoms with van der Waals surface area (Å²) < 4.78 is 29.2. The van der Waals surface area contributed by atoms with Crippen LogP contribution in [0, 0.1) is 0 Å². The number of aliphatic hydroxyl groups is 2. The fourth-order valence-electron chi connectivity index (χ4n) is 4.63. The fourth-order valence-corrected chi connectivity index (χ4v) is 4.63. The number of aliphatic hydroxyl groups excluding tert-OH is 2. The Bertz CT molecular complexity index is 1430. The van der Waals surface area contributed by atoms with Crippen LogP contribution in [-0.2, 0) is 47.7 Å². The van der Waals surface area contributed by atoms with Gasteiger partial charge in [-0.1, -0.05) is 24.3 Å². The van der Waals surface area contributed by atoms with E-state index in [1.165, 1.54) is 62.8 Å². The summed E-state index contributed by atoms with van der Waals surface area (Å²) in [6.45, 7) is -0.754. The SMILES string of the molecule is COC(=O)COc1ccc([C@H](CC(=O)OC)C2=C(O)C(=O)C([C@@H](CC(=O)OC)c3ccc(OCC(=O)OC)cc3)=C(O)C2=O)cc1. The molecule has 0 spiro atoms. The molecule has 0 saturated carbocycles. The summed E-state index contributed by atoms with van der Waals surface area (Å²) in [5.74, 6) is -9.23. The molecule has 0 radical (unpaired) electrons. The van der Waals surface area contributed by atoms with Crippen molar-refractivity contribution in [2.24, 2.45) is 0 Å². The Balaban J connectivity index is 2.02. The van der Waals surface area contributed by atoms with Crippen molar-refractivity contribution in [1.29, 1.82) is 0 Å². The highest BCUT2D eigenvalue weighted by molar-refractivity contribution is 6.24. The van der Waals surface area contributed by atoms with E-state index >= 15 is 0 Å². The first-order valence-electron chi connectivity index (χ1n) is 13.6. The summed E-state index contributed by atoms with van der Waals surface area (Å²) >= 11 is 0. The number of carbonyl (C=O) groups excluding carboxylic acids is 6. The van der Waals surface area contributed by atoms with Gasteiger partial charge in [0.1, 0.15) is 11.5 Å². The topological polar surface area (TPSA) is 198 Å². The average molecular weight is 641 g/mol. The maximum atomic E-state index is 13.7. The van der Waals surface area contributed by atoms with Crippen LogP contribution in [0.3, 0.4) is 0 Å². The third kappa shape index (κ3) is 8.28. The molecule has 0 bridgehead atoms. The molecule has 2 N–H and O–H groups in total. The minimum absolute atomic E-state index is 0.243. The highest BCUT2D eigenvalue weighted by Gasteiger charge is 2.43. The second-order valence-corrected chi connectivity index (χ2v) is 9.72. The largest absolute Gasteiger partial charge is 0.504 e. The molecule has 1 aliphatic rings. The van der Waals surface area contributed by atoms with E-state index in [0.29, 0.717) is 0 Å². The van der Waals surface area contributed by atoms with Crippen LogP contribution >= 0.6 is 0 Å². The van der Waals surface area contributed by atoms with Gasteiger partial charge in [-0.15, -0.1) is 0 Å². The lowest BCUT2D eigenvalue weighted by Gasteiger charge is -2.27. The van der Waals surface area contributed by atoms with E-state index in [1.807, 2.05) is 0 Å². The van der Waals surface area contributed by atoms with Crippen molar-refractivity contribution < 1.29 is 67.4 Å². The number of hydrogen-bond donors (Lipinski definition) is 2. The monoisotopic (exact) mass is 640 g/mol. The summed E-state index contributed by atoms with van der Waals surface area (Å²) in [5.41, 5.74) is -0.599. The van der Waals surface area contributed by atoms with Crippen LogP contribution in [0.25, 0.3) is 0 Å². The lowest BCUT2D eigenvalue weighted by molar-refractivity contribution is -0.143. The number of carbonyl (C=O) groups is 6. The lowest BCUT2D eigenvalue weighted by Crippen LogP contribution is -2.31. The molecule has 0 unspecified atom stereocenters. The Hall–Kier alpha value is -5.66. The maximum Gasteiger partial charge on any atom is 0.343 e. The molecule has 244 valence electrons. The van der Waals surface area contributed by atoms with Crippen molar-refractivity contribution in [1.82, 2.24) is 0 Å². The molecule has 0 fully saturated rings. The fraction of sp³-hybridized carbons (Fsp3) is 0.312. The normalized spacial score (nSPS) is 14.3. The number of esters is 4. The number of Topliss-reactive ketones (excluding diaryl/α,β-unsaturated/α-hetero) is 2. The van der Waals surface area contributed by atoms with Crippen LogP contribution in [0.2, 0.25) is 0 Å². The van der Waals surface area contributed by atoms with Gasteiger partial charge in [0.15, 0.2) is 24.7 Å². The Morgan fingerprint density at radius 1 is 0.543 bits per heavy atom. The number of ketones is 2. The van der Waals surface area contributed by atoms with Crippen LogP contribution in [-0.4, -0.2) is 87.3 Å². The molecule has 2 aromatic rings. The van der Waals surface area contributed by atoms with Gasteiger partial charge in [-0.3, -0.25) is 19.2 Å². The molecule has 0 amide bonds. The number of rotatable bonds is 14. The van der Waals surface area contributed by atoms with E-state index in [1.54, 1.807) is 0 Å². The van der Waals surface area contributed by atoms with Gasteiger partial charge in [0.25, 0.3) is 0 Å². The zero-order valence-electron chi connectivity index (χ0n) is 25.4. The molecule has 0 aromatic heterocycles. The molecule has 1 aliphatic carbocycles. The molecular weight excluding hydrogens is 608 g/mol. The molecule has 46 heavy (non-hydrogen) atoms. The minimum Gasteiger partial charge on any atom is -0.504 e. The molecule has 3 rings (SSSR count). The first kappa shape index (κ1) is 34.8. The van der Waals surface area contributed by atoms with Gasteiger partial charge in [0.05, 0.1) is 52.4 Å². The van der Waals surface area contributed by atoms with Gasteiger partial charge >= 0.3 is 23.9 Å². The summed E-state index contributed by atoms with van der Waals surface area (Å²) in [4.78, 5) is 74.9. The first-order valence-corrected chi connectivity index (χ1v) is 13.6. The van der Waals surface area contributed by atoms with Gasteiger partial charge in [0.2, 0.25) is 11.6 Å². The highest BCUT2D eigenvalue weighted by atomic mass is 16.6. The third-order valence-electron chi connectivity index (χ3n) is 7.06. The quantitative estimate of drug-likeness (QED) is 0.173. The highest BCUT2D eigenvalue weighted by Crippen LogP contribution is 2.41. The summed E-state index contributed by atoms with van der Waals surface area (Å²) in [6.07, 6.45) is -1.00. The molecule has 0 aliphatic heterocycles. The minimum atomic E-state index is -1.26. The van der Waals surface area contributed by atoms with Gasteiger partial charge < -0.3 is 38.6 Å². The van der Waals surface area contributed by atoms with E-state index in [2.05, 4.69) is 9.47 Å². The van der Waals surface area contributed by atoms with Crippen LogP contribution in [0.15, 0.2) is 71.2 Å². The van der Waals surface area contributed by atoms with E-state index in [-0.39, 0.29) is 35.8 Å². The van der Waals surface area contributed by atoms with E-state index < -0.39 is 82.8 Å². The van der Waals surface area contributed by atoms with Crippen molar-refractivity contribution in [2.45, 2.75) is 24.7 Å². The van der Waals surface area contributed by atoms with Crippen molar-refractivity contribution >= 4 is 35.4 Å². The van der Waals surface area contributed by atoms with Crippen LogP contribution in [0.5, 0.6) is 11.5 Å². The van der Waals surface area contributed by atoms with Gasteiger partial charge in [-0.2, -0.15) is 0 Å². The van der Waals surface area contributed by atoms with E-state index in [4.69, 9.17) is 18.9 Å². The Morgan fingerprint density at radius 3 is 1.13 bits per heavy atom. The Kier molecular flexibility index (Phi) is 12.0. The Morgan fingerprint density at radius 2 is 0.848 bits per heavy atom. The maximum absolute atomic E-state index is 13.7. The molecule has 2 aromatic carbocycles. The van der Waals surface area contributed by atoms with E-state index in [0.717, 1.165) is 14.2 Å². The summed E-state index contributed by atoms with van der Waals surface area (Å²) in [6, 6.07) is 11.5.